The van der Waals surface area contributed by atoms with E-state index < -0.39 is 0 Å². The summed E-state index contributed by atoms with van der Waals surface area (Å²) in [6, 6.07) is 13.8. The number of anilines is 1. The molecule has 1 saturated heterocycles. The number of pyridine rings is 1. The summed E-state index contributed by atoms with van der Waals surface area (Å²) in [4.78, 5) is 4.77. The number of hydrogen-bond donors (Lipinski definition) is 1. The molecule has 23 heavy (non-hydrogen) atoms. The Bertz CT molecular complexity index is 807. The molecule has 0 radical (unpaired) electrons. The lowest BCUT2D eigenvalue weighted by Gasteiger charge is -2.13. The molecule has 1 unspecified atom stereocenters. The number of hydrogen-bond acceptors (Lipinski definition) is 3. The van der Waals surface area contributed by atoms with Crippen molar-refractivity contribution in [1.82, 2.24) is 9.38 Å². The molecule has 0 saturated carbocycles. The van der Waals surface area contributed by atoms with Crippen LogP contribution in [0.2, 0.25) is 5.02 Å². The quantitative estimate of drug-likeness (QED) is 0.778. The number of ether oxygens (including phenoxy) is 1. The van der Waals surface area contributed by atoms with Gasteiger partial charge in [0, 0.05) is 29.9 Å². The second-order valence-electron chi connectivity index (χ2n) is 5.76. The zero-order valence-electron chi connectivity index (χ0n) is 12.7. The second-order valence-corrected chi connectivity index (χ2v) is 6.20. The standard InChI is InChI=1S/C18H18ClN3O/c19-14-8-6-13(7-9-14)17-18(20-12-15-4-3-11-23-15)22-10-2-1-5-16(22)21-17/h1-2,5-10,15,20H,3-4,11-12H2. The van der Waals surface area contributed by atoms with Crippen LogP contribution in [0.4, 0.5) is 5.82 Å². The van der Waals surface area contributed by atoms with Gasteiger partial charge >= 0.3 is 0 Å². The fraction of sp³-hybridized carbons (Fsp3) is 0.278. The molecule has 118 valence electrons. The van der Waals surface area contributed by atoms with Crippen LogP contribution in [0.25, 0.3) is 16.9 Å². The van der Waals surface area contributed by atoms with Gasteiger partial charge in [-0.1, -0.05) is 29.8 Å². The number of imidazole rings is 1. The van der Waals surface area contributed by atoms with Gasteiger partial charge in [-0.15, -0.1) is 0 Å². The summed E-state index contributed by atoms with van der Waals surface area (Å²) in [5, 5.41) is 4.26. The predicted octanol–water partition coefficient (Wildman–Crippen LogP) is 4.25. The monoisotopic (exact) mass is 327 g/mol. The molecule has 0 aliphatic carbocycles. The van der Waals surface area contributed by atoms with Crippen molar-refractivity contribution < 1.29 is 4.74 Å². The van der Waals surface area contributed by atoms with Crippen LogP contribution in [-0.4, -0.2) is 28.6 Å². The number of halogens is 1. The number of nitrogens with one attached hydrogen (secondary N) is 1. The Morgan fingerprint density at radius 2 is 2.09 bits per heavy atom. The summed E-state index contributed by atoms with van der Waals surface area (Å²) in [5.41, 5.74) is 2.91. The first kappa shape index (κ1) is 14.5. The Morgan fingerprint density at radius 1 is 1.22 bits per heavy atom. The molecule has 1 aliphatic heterocycles. The van der Waals surface area contributed by atoms with Gasteiger partial charge in [0.1, 0.15) is 17.2 Å². The van der Waals surface area contributed by atoms with Crippen LogP contribution in [0.3, 0.4) is 0 Å². The molecule has 1 N–H and O–H groups in total. The highest BCUT2D eigenvalue weighted by Gasteiger charge is 2.18. The van der Waals surface area contributed by atoms with E-state index in [0.717, 1.165) is 53.7 Å². The SMILES string of the molecule is Clc1ccc(-c2nc3ccccn3c2NCC2CCCO2)cc1. The van der Waals surface area contributed by atoms with E-state index in [0.29, 0.717) is 0 Å². The molecule has 1 fully saturated rings. The second kappa shape index (κ2) is 6.22. The zero-order chi connectivity index (χ0) is 15.6. The summed E-state index contributed by atoms with van der Waals surface area (Å²) in [5.74, 6) is 0.999. The van der Waals surface area contributed by atoms with Gasteiger partial charge in [0.2, 0.25) is 0 Å². The average molecular weight is 328 g/mol. The summed E-state index contributed by atoms with van der Waals surface area (Å²) < 4.78 is 7.80. The number of benzene rings is 1. The summed E-state index contributed by atoms with van der Waals surface area (Å²) in [7, 11) is 0. The lowest BCUT2D eigenvalue weighted by atomic mass is 10.1. The zero-order valence-corrected chi connectivity index (χ0v) is 13.5. The van der Waals surface area contributed by atoms with E-state index in [1.165, 1.54) is 0 Å². The molecule has 0 amide bonds. The van der Waals surface area contributed by atoms with Crippen LogP contribution in [0, 0.1) is 0 Å². The van der Waals surface area contributed by atoms with Crippen LogP contribution in [0.5, 0.6) is 0 Å². The van der Waals surface area contributed by atoms with Gasteiger partial charge in [-0.2, -0.15) is 0 Å². The third-order valence-corrected chi connectivity index (χ3v) is 4.42. The molecule has 1 atom stereocenters. The molecule has 0 spiro atoms. The predicted molar refractivity (Wildman–Crippen MR) is 93.1 cm³/mol. The highest BCUT2D eigenvalue weighted by atomic mass is 35.5. The molecular weight excluding hydrogens is 310 g/mol. The smallest absolute Gasteiger partial charge is 0.139 e. The van der Waals surface area contributed by atoms with Crippen molar-refractivity contribution in [2.75, 3.05) is 18.5 Å². The Kier molecular flexibility index (Phi) is 3.93. The lowest BCUT2D eigenvalue weighted by Crippen LogP contribution is -2.19. The van der Waals surface area contributed by atoms with Crippen LogP contribution >= 0.6 is 11.6 Å². The van der Waals surface area contributed by atoms with Gasteiger partial charge in [0.05, 0.1) is 6.10 Å². The van der Waals surface area contributed by atoms with E-state index in [-0.39, 0.29) is 6.10 Å². The van der Waals surface area contributed by atoms with E-state index >= 15 is 0 Å². The van der Waals surface area contributed by atoms with E-state index in [1.807, 2.05) is 48.7 Å². The van der Waals surface area contributed by atoms with Gasteiger partial charge in [-0.25, -0.2) is 4.98 Å². The maximum absolute atomic E-state index is 6.01. The number of aromatic nitrogens is 2. The molecule has 3 heterocycles. The van der Waals surface area contributed by atoms with Crippen molar-refractivity contribution in [1.29, 1.82) is 0 Å². The van der Waals surface area contributed by atoms with E-state index in [9.17, 15) is 0 Å². The van der Waals surface area contributed by atoms with Crippen LogP contribution < -0.4 is 5.32 Å². The Morgan fingerprint density at radius 3 is 2.87 bits per heavy atom. The molecule has 1 aliphatic rings. The first-order valence-electron chi connectivity index (χ1n) is 7.90. The Hall–Kier alpha value is -2.04. The lowest BCUT2D eigenvalue weighted by molar-refractivity contribution is 0.120. The summed E-state index contributed by atoms with van der Waals surface area (Å²) >= 11 is 6.01. The van der Waals surface area contributed by atoms with Crippen molar-refractivity contribution in [3.8, 4) is 11.3 Å². The van der Waals surface area contributed by atoms with Gasteiger partial charge < -0.3 is 10.1 Å². The largest absolute Gasteiger partial charge is 0.376 e. The maximum atomic E-state index is 6.01. The van der Waals surface area contributed by atoms with Gasteiger partial charge in [0.25, 0.3) is 0 Å². The maximum Gasteiger partial charge on any atom is 0.139 e. The van der Waals surface area contributed by atoms with E-state index in [4.69, 9.17) is 21.3 Å². The van der Waals surface area contributed by atoms with Gasteiger partial charge in [-0.3, -0.25) is 4.40 Å². The molecule has 0 bridgehead atoms. The van der Waals surface area contributed by atoms with E-state index in [2.05, 4.69) is 9.72 Å². The molecule has 3 aromatic rings. The average Bonchev–Trinajstić information content (AvgIpc) is 3.21. The van der Waals surface area contributed by atoms with Crippen LogP contribution in [-0.2, 0) is 4.74 Å². The fourth-order valence-electron chi connectivity index (χ4n) is 2.99. The molecule has 2 aromatic heterocycles. The highest BCUT2D eigenvalue weighted by molar-refractivity contribution is 6.30. The van der Waals surface area contributed by atoms with E-state index in [1.54, 1.807) is 0 Å². The van der Waals surface area contributed by atoms with Crippen molar-refractivity contribution >= 4 is 23.1 Å². The Balaban J connectivity index is 1.72. The first-order chi connectivity index (χ1) is 11.3. The summed E-state index contributed by atoms with van der Waals surface area (Å²) in [6.45, 7) is 1.66. The topological polar surface area (TPSA) is 38.6 Å². The van der Waals surface area contributed by atoms with Crippen molar-refractivity contribution in [3.05, 3.63) is 53.7 Å². The molecular formula is C18H18ClN3O. The third kappa shape index (κ3) is 2.92. The Labute approximate surface area is 140 Å². The highest BCUT2D eigenvalue weighted by Crippen LogP contribution is 2.30. The first-order valence-corrected chi connectivity index (χ1v) is 8.27. The van der Waals surface area contributed by atoms with Crippen LogP contribution in [0.15, 0.2) is 48.7 Å². The molecule has 4 rings (SSSR count). The third-order valence-electron chi connectivity index (χ3n) is 4.17. The van der Waals surface area contributed by atoms with Crippen molar-refractivity contribution in [2.45, 2.75) is 18.9 Å². The molecule has 5 heteroatoms. The fourth-order valence-corrected chi connectivity index (χ4v) is 3.12. The normalized spacial score (nSPS) is 17.7. The van der Waals surface area contributed by atoms with Crippen molar-refractivity contribution in [2.24, 2.45) is 0 Å². The number of rotatable bonds is 4. The molecule has 4 nitrogen and oxygen atoms in total. The minimum absolute atomic E-state index is 0.280. The number of nitrogens with zero attached hydrogens (tertiary/aromatic N) is 2. The molecule has 1 aromatic carbocycles. The van der Waals surface area contributed by atoms with Gasteiger partial charge in [0.15, 0.2) is 0 Å². The van der Waals surface area contributed by atoms with Gasteiger partial charge in [-0.05, 0) is 37.1 Å². The minimum Gasteiger partial charge on any atom is -0.376 e. The number of fused-ring (bicyclic) bond motifs is 1. The minimum atomic E-state index is 0.280. The summed E-state index contributed by atoms with van der Waals surface area (Å²) in [6.07, 6.45) is 4.56. The van der Waals surface area contributed by atoms with Crippen LogP contribution in [0.1, 0.15) is 12.8 Å². The van der Waals surface area contributed by atoms with Crippen molar-refractivity contribution in [3.63, 3.8) is 0 Å².